The zero-order chi connectivity index (χ0) is 53.6. The minimum absolute atomic E-state index is 0.0972. The second-order valence-corrected chi connectivity index (χ2v) is 19.1. The predicted molar refractivity (Wildman–Crippen MR) is 277 cm³/mol. The summed E-state index contributed by atoms with van der Waals surface area (Å²) in [4.78, 5) is 52.6. The van der Waals surface area contributed by atoms with Gasteiger partial charge in [0.1, 0.15) is 23.1 Å². The quantitative estimate of drug-likeness (QED) is 0.0762. The number of rotatable bonds is 8. The van der Waals surface area contributed by atoms with E-state index in [2.05, 4.69) is 71.7 Å². The third-order valence-electron chi connectivity index (χ3n) is 8.58. The largest absolute Gasteiger partial charge is 0.507 e. The summed E-state index contributed by atoms with van der Waals surface area (Å²) >= 11 is 2.90. The number of carbonyl (C=O) groups is 2. The summed E-state index contributed by atoms with van der Waals surface area (Å²) in [6.07, 6.45) is 3.01. The molecule has 6 rings (SSSR count). The molecule has 6 heterocycles. The molecule has 0 aromatic carbocycles. The van der Waals surface area contributed by atoms with E-state index in [1.165, 1.54) is 35.0 Å². The summed E-state index contributed by atoms with van der Waals surface area (Å²) < 4.78 is 13.8. The van der Waals surface area contributed by atoms with Crippen molar-refractivity contribution in [1.82, 2.24) is 46.3 Å². The van der Waals surface area contributed by atoms with Gasteiger partial charge in [0.15, 0.2) is 11.3 Å². The molecule has 5 aromatic rings. The number of thiophene rings is 1. The Bertz CT molecular complexity index is 2280. The van der Waals surface area contributed by atoms with E-state index >= 15 is 0 Å². The average Bonchev–Trinajstić information content (AvgIpc) is 4.15. The van der Waals surface area contributed by atoms with Crippen molar-refractivity contribution in [3.05, 3.63) is 102 Å². The Kier molecular flexibility index (Phi) is 33.0. The van der Waals surface area contributed by atoms with Crippen molar-refractivity contribution in [1.29, 1.82) is 0 Å². The summed E-state index contributed by atoms with van der Waals surface area (Å²) in [6, 6.07) is 3.28. The first kappa shape index (κ1) is 65.0. The summed E-state index contributed by atoms with van der Waals surface area (Å²) in [5, 5.41) is 42.0. The summed E-state index contributed by atoms with van der Waals surface area (Å²) in [5.41, 5.74) is 4.83. The molecular formula is C48H80N10O9S2. The van der Waals surface area contributed by atoms with E-state index in [1.807, 2.05) is 103 Å². The zero-order valence-corrected chi connectivity index (χ0v) is 45.7. The van der Waals surface area contributed by atoms with Gasteiger partial charge in [-0.05, 0) is 42.9 Å². The molecule has 7 N–H and O–H groups in total. The van der Waals surface area contributed by atoms with E-state index in [1.54, 1.807) is 43.1 Å². The Hall–Kier alpha value is -6.09. The lowest BCUT2D eigenvalue weighted by Gasteiger charge is -2.02. The molecule has 69 heavy (non-hydrogen) atoms. The molecule has 0 atom stereocenters. The van der Waals surface area contributed by atoms with Crippen molar-refractivity contribution in [2.24, 2.45) is 22.7 Å². The number of hydrogen-bond donors (Lipinski definition) is 7. The maximum absolute atomic E-state index is 11.4. The van der Waals surface area contributed by atoms with Crippen LogP contribution < -0.4 is 27.1 Å². The molecule has 0 unspecified atom stereocenters. The highest BCUT2D eigenvalue weighted by Gasteiger charge is 2.12. The van der Waals surface area contributed by atoms with Crippen LogP contribution in [0.3, 0.4) is 0 Å². The average molecular weight is 1010 g/mol. The Morgan fingerprint density at radius 1 is 0.754 bits per heavy atom. The molecule has 0 radical (unpaired) electrons. The Labute approximate surface area is 416 Å². The number of aliphatic imine (C=N–C) groups is 1. The van der Waals surface area contributed by atoms with Gasteiger partial charge in [0.2, 0.25) is 17.7 Å². The molecule has 0 aliphatic carbocycles. The highest BCUT2D eigenvalue weighted by atomic mass is 32.1. The summed E-state index contributed by atoms with van der Waals surface area (Å²) in [7, 11) is 3.28. The van der Waals surface area contributed by atoms with Gasteiger partial charge in [-0.15, -0.1) is 21.5 Å². The number of aromatic hydroxyl groups is 2. The number of nitrogens with zero attached hydrogens (tertiary/aromatic N) is 5. The van der Waals surface area contributed by atoms with Gasteiger partial charge in [-0.25, -0.2) is 5.48 Å². The van der Waals surface area contributed by atoms with Crippen LogP contribution in [0.5, 0.6) is 11.5 Å². The molecule has 388 valence electrons. The number of tetrazole rings is 1. The van der Waals surface area contributed by atoms with E-state index in [0.29, 0.717) is 52.4 Å². The van der Waals surface area contributed by atoms with Crippen molar-refractivity contribution >= 4 is 40.5 Å². The molecule has 1 aliphatic rings. The van der Waals surface area contributed by atoms with Gasteiger partial charge >= 0.3 is 0 Å². The van der Waals surface area contributed by atoms with Gasteiger partial charge in [-0.3, -0.25) is 19.2 Å². The van der Waals surface area contributed by atoms with E-state index in [0.717, 1.165) is 22.9 Å². The van der Waals surface area contributed by atoms with Crippen LogP contribution in [-0.4, -0.2) is 72.1 Å². The second kappa shape index (κ2) is 35.1. The first-order valence-corrected chi connectivity index (χ1v) is 24.4. The normalized spacial score (nSPS) is 11.1. The Balaban J connectivity index is 0. The van der Waals surface area contributed by atoms with Crippen LogP contribution in [-0.2, 0) is 14.4 Å². The molecular weight excluding hydrogens is 925 g/mol. The third-order valence-corrected chi connectivity index (χ3v) is 10.4. The lowest BCUT2D eigenvalue weighted by atomic mass is 10.0. The van der Waals surface area contributed by atoms with Crippen LogP contribution in [0.2, 0.25) is 0 Å². The van der Waals surface area contributed by atoms with Gasteiger partial charge in [-0.1, -0.05) is 116 Å². The lowest BCUT2D eigenvalue weighted by Crippen LogP contribution is -2.22. The fourth-order valence-corrected chi connectivity index (χ4v) is 5.82. The molecule has 0 saturated heterocycles. The topological polar surface area (TPSA) is 276 Å². The van der Waals surface area contributed by atoms with Crippen LogP contribution in [0.15, 0.2) is 71.4 Å². The van der Waals surface area contributed by atoms with Crippen molar-refractivity contribution in [3.8, 4) is 11.5 Å². The highest BCUT2D eigenvalue weighted by Crippen LogP contribution is 2.26. The van der Waals surface area contributed by atoms with Crippen molar-refractivity contribution < 1.29 is 33.6 Å². The Morgan fingerprint density at radius 3 is 1.55 bits per heavy atom. The van der Waals surface area contributed by atoms with Crippen molar-refractivity contribution in [3.63, 3.8) is 0 Å². The fourth-order valence-electron chi connectivity index (χ4n) is 4.34. The van der Waals surface area contributed by atoms with Gasteiger partial charge in [0.05, 0.1) is 23.6 Å². The number of nitrogens with one attached hydrogen (secondary N) is 5. The van der Waals surface area contributed by atoms with Crippen molar-refractivity contribution in [2.45, 2.75) is 147 Å². The molecule has 0 fully saturated rings. The van der Waals surface area contributed by atoms with Crippen molar-refractivity contribution in [2.75, 3.05) is 14.1 Å². The van der Waals surface area contributed by atoms with Gasteiger partial charge in [0, 0.05) is 77.1 Å². The minimum atomic E-state index is -0.168. The molecule has 0 bridgehead atoms. The number of hydrogen-bond acceptors (Lipinski definition) is 17. The third kappa shape index (κ3) is 28.8. The summed E-state index contributed by atoms with van der Waals surface area (Å²) in [6.45, 7) is 37.0. The van der Waals surface area contributed by atoms with E-state index in [9.17, 15) is 19.2 Å². The standard InChI is InChI=1S/C9H12O2.C7H10OS.C6H10N2O.C6H9NO2.C6H9NOS.2C5H11NO.C4H8N4/c1-6(2)8-5-11-4-7(3)9(8)10;1-5(2)7-3-6(8)4-9-7;1-4(2)6-7-5(3)9-8-6;1-4(2)5-3-6(8)7-9-5;1-4(2)6-5(8)3-9-7-6;2*1-4(2)5(7)6-3;1-3(2)4-5-7-8-6-4/h4-6H,1-3H3;3-5,8H,1-2H3;4H,3H2,1-2H3,(H,7,8);3-4H,1-2H3,(H,7,8);3-4,8H,1-2H3;2*4H,1-3H3,(H,6,7);3H,1-2H3,(H,5,6,7,8). The first-order chi connectivity index (χ1) is 32.1. The van der Waals surface area contributed by atoms with Gasteiger partial charge in [0.25, 0.3) is 5.56 Å². The number of H-pyrrole nitrogens is 2. The maximum atomic E-state index is 11.4. The molecule has 2 amide bonds. The van der Waals surface area contributed by atoms with E-state index < -0.39 is 0 Å². The number of aromatic nitrogens is 6. The number of amidine groups is 1. The van der Waals surface area contributed by atoms with E-state index in [4.69, 9.17) is 24.0 Å². The molecule has 5 aromatic heterocycles. The smallest absolute Gasteiger partial charge is 0.280 e. The van der Waals surface area contributed by atoms with Crippen LogP contribution in [0.25, 0.3) is 0 Å². The monoisotopic (exact) mass is 1000 g/mol. The molecule has 21 heteroatoms. The Morgan fingerprint density at radius 2 is 1.33 bits per heavy atom. The van der Waals surface area contributed by atoms with Crippen LogP contribution in [0, 0.1) is 24.7 Å². The number of aryl methyl sites for hydroxylation is 1. The van der Waals surface area contributed by atoms with Crippen LogP contribution in [0.1, 0.15) is 174 Å². The SMILES string of the molecule is C=C1N=C(C(C)C)NO1.CC(C)c1cc(=O)[nH]o1.CC(C)c1cc(O)cs1.CC(C)c1nn[nH]n1.CC(C)c1nscc1O.CNC(=O)C(C)C.CNC(=O)C(C)C.Cc1cocc(C(C)C)c1=O. The fraction of sp³-hybridized carbons (Fsp3) is 0.562. The number of hydroxylamine groups is 1. The summed E-state index contributed by atoms with van der Waals surface area (Å²) in [5.74, 6) is 6.05. The highest BCUT2D eigenvalue weighted by molar-refractivity contribution is 7.10. The van der Waals surface area contributed by atoms with Gasteiger partial charge < -0.3 is 34.6 Å². The number of amides is 2. The molecule has 19 nitrogen and oxygen atoms in total. The second-order valence-electron chi connectivity index (χ2n) is 17.6. The van der Waals surface area contributed by atoms with E-state index in [-0.39, 0.29) is 46.5 Å². The van der Waals surface area contributed by atoms with Crippen LogP contribution >= 0.6 is 22.9 Å². The van der Waals surface area contributed by atoms with Gasteiger partial charge in [-0.2, -0.15) is 19.7 Å². The maximum Gasteiger partial charge on any atom is 0.280 e. The lowest BCUT2D eigenvalue weighted by molar-refractivity contribution is -0.124. The minimum Gasteiger partial charge on any atom is -0.507 e. The van der Waals surface area contributed by atoms with Crippen LogP contribution in [0.4, 0.5) is 0 Å². The molecule has 0 spiro atoms. The number of aromatic amines is 2. The zero-order valence-electron chi connectivity index (χ0n) is 44.1. The molecule has 1 aliphatic heterocycles. The molecule has 0 saturated carbocycles. The first-order valence-electron chi connectivity index (χ1n) is 22.6. The predicted octanol–water partition coefficient (Wildman–Crippen LogP) is 9.86. The number of carbonyl (C=O) groups excluding carboxylic acids is 2.